The lowest BCUT2D eigenvalue weighted by Crippen LogP contribution is -2.30. The summed E-state index contributed by atoms with van der Waals surface area (Å²) in [4.78, 5) is 38.2. The van der Waals surface area contributed by atoms with Crippen LogP contribution in [0.15, 0.2) is 109 Å². The average molecular weight is 1140 g/mol. The maximum Gasteiger partial charge on any atom is 0.306 e. The summed E-state index contributed by atoms with van der Waals surface area (Å²) >= 11 is 0. The number of hydrogen-bond acceptors (Lipinski definition) is 6. The molecule has 0 bridgehead atoms. The Morgan fingerprint density at radius 3 is 0.756 bits per heavy atom. The van der Waals surface area contributed by atoms with Crippen molar-refractivity contribution in [1.82, 2.24) is 0 Å². The van der Waals surface area contributed by atoms with Crippen LogP contribution in [0.25, 0.3) is 0 Å². The van der Waals surface area contributed by atoms with Crippen molar-refractivity contribution in [1.29, 1.82) is 0 Å². The topological polar surface area (TPSA) is 78.9 Å². The van der Waals surface area contributed by atoms with Gasteiger partial charge < -0.3 is 14.2 Å². The highest BCUT2D eigenvalue weighted by Crippen LogP contribution is 2.17. The zero-order valence-electron chi connectivity index (χ0n) is 54.0. The lowest BCUT2D eigenvalue weighted by atomic mass is 10.0. The number of ether oxygens (including phenoxy) is 3. The second-order valence-electron chi connectivity index (χ2n) is 23.1. The summed E-state index contributed by atoms with van der Waals surface area (Å²) in [5, 5.41) is 0. The molecule has 0 N–H and O–H groups in total. The molecule has 0 aromatic rings. The van der Waals surface area contributed by atoms with Crippen LogP contribution in [0.2, 0.25) is 0 Å². The van der Waals surface area contributed by atoms with Crippen LogP contribution in [-0.2, 0) is 28.6 Å². The summed E-state index contributed by atoms with van der Waals surface area (Å²) < 4.78 is 16.9. The summed E-state index contributed by atoms with van der Waals surface area (Å²) in [6.07, 6.45) is 95.6. The van der Waals surface area contributed by atoms with Crippen molar-refractivity contribution in [2.75, 3.05) is 13.2 Å². The monoisotopic (exact) mass is 1140 g/mol. The molecule has 0 fully saturated rings. The Kier molecular flexibility index (Phi) is 66.2. The van der Waals surface area contributed by atoms with Crippen molar-refractivity contribution < 1.29 is 28.6 Å². The first-order valence-electron chi connectivity index (χ1n) is 34.9. The molecule has 0 aromatic heterocycles. The van der Waals surface area contributed by atoms with Crippen LogP contribution >= 0.6 is 0 Å². The van der Waals surface area contributed by atoms with Gasteiger partial charge in [-0.2, -0.15) is 0 Å². The molecule has 0 spiro atoms. The van der Waals surface area contributed by atoms with Crippen molar-refractivity contribution in [3.63, 3.8) is 0 Å². The number of rotatable bonds is 63. The fourth-order valence-corrected chi connectivity index (χ4v) is 9.81. The Labute approximate surface area is 508 Å². The number of esters is 3. The smallest absolute Gasteiger partial charge is 0.306 e. The number of unbranched alkanes of at least 4 members (excludes halogenated alkanes) is 34. The van der Waals surface area contributed by atoms with Crippen LogP contribution in [-0.4, -0.2) is 37.2 Å². The highest BCUT2D eigenvalue weighted by atomic mass is 16.6. The highest BCUT2D eigenvalue weighted by molar-refractivity contribution is 5.71. The van der Waals surface area contributed by atoms with E-state index in [1.54, 1.807) is 0 Å². The third kappa shape index (κ3) is 66.9. The molecular formula is C76H130O6. The molecule has 0 aliphatic heterocycles. The maximum atomic E-state index is 12.9. The van der Waals surface area contributed by atoms with E-state index in [2.05, 4.69) is 130 Å². The summed E-state index contributed by atoms with van der Waals surface area (Å²) in [7, 11) is 0. The number of carbonyl (C=O) groups is 3. The zero-order valence-corrected chi connectivity index (χ0v) is 54.0. The predicted octanol–water partition coefficient (Wildman–Crippen LogP) is 24.2. The van der Waals surface area contributed by atoms with Gasteiger partial charge in [-0.1, -0.05) is 316 Å². The molecule has 1 unspecified atom stereocenters. The van der Waals surface area contributed by atoms with Gasteiger partial charge in [-0.25, -0.2) is 0 Å². The molecule has 82 heavy (non-hydrogen) atoms. The molecule has 0 aliphatic carbocycles. The summed E-state index contributed by atoms with van der Waals surface area (Å²) in [5.41, 5.74) is 0. The van der Waals surface area contributed by atoms with Gasteiger partial charge in [0.2, 0.25) is 0 Å². The third-order valence-electron chi connectivity index (χ3n) is 15.0. The Bertz CT molecular complexity index is 1640. The molecule has 0 aromatic carbocycles. The first-order chi connectivity index (χ1) is 40.5. The summed E-state index contributed by atoms with van der Waals surface area (Å²) in [6, 6.07) is 0. The van der Waals surface area contributed by atoms with E-state index >= 15 is 0 Å². The Morgan fingerprint density at radius 2 is 0.476 bits per heavy atom. The minimum absolute atomic E-state index is 0.0767. The molecule has 6 heteroatoms. The second kappa shape index (κ2) is 69.6. The van der Waals surface area contributed by atoms with Crippen LogP contribution in [0.1, 0.15) is 335 Å². The lowest BCUT2D eigenvalue weighted by Gasteiger charge is -2.18. The Hall–Kier alpha value is -3.93. The average Bonchev–Trinajstić information content (AvgIpc) is 3.47. The molecule has 0 radical (unpaired) electrons. The van der Waals surface area contributed by atoms with E-state index in [1.165, 1.54) is 186 Å². The van der Waals surface area contributed by atoms with Gasteiger partial charge >= 0.3 is 17.9 Å². The molecule has 6 nitrogen and oxygen atoms in total. The van der Waals surface area contributed by atoms with E-state index < -0.39 is 6.10 Å². The van der Waals surface area contributed by atoms with Crippen LogP contribution in [0.5, 0.6) is 0 Å². The number of allylic oxidation sites excluding steroid dienone is 18. The molecule has 0 heterocycles. The van der Waals surface area contributed by atoms with Gasteiger partial charge in [0.25, 0.3) is 0 Å². The number of hydrogen-bond donors (Lipinski definition) is 0. The van der Waals surface area contributed by atoms with Gasteiger partial charge in [0.15, 0.2) is 6.10 Å². The Balaban J connectivity index is 4.13. The van der Waals surface area contributed by atoms with E-state index in [4.69, 9.17) is 14.2 Å². The van der Waals surface area contributed by atoms with Crippen LogP contribution in [0.3, 0.4) is 0 Å². The van der Waals surface area contributed by atoms with Crippen molar-refractivity contribution >= 4 is 17.9 Å². The van der Waals surface area contributed by atoms with E-state index in [0.717, 1.165) is 109 Å². The van der Waals surface area contributed by atoms with Crippen molar-refractivity contribution in [2.45, 2.75) is 341 Å². The van der Waals surface area contributed by atoms with Crippen molar-refractivity contribution in [3.8, 4) is 0 Å². The van der Waals surface area contributed by atoms with E-state index in [-0.39, 0.29) is 31.1 Å². The van der Waals surface area contributed by atoms with Crippen LogP contribution in [0.4, 0.5) is 0 Å². The second-order valence-corrected chi connectivity index (χ2v) is 23.1. The van der Waals surface area contributed by atoms with E-state index in [9.17, 15) is 14.4 Å². The van der Waals surface area contributed by atoms with Gasteiger partial charge in [-0.3, -0.25) is 14.4 Å². The minimum Gasteiger partial charge on any atom is -0.462 e. The largest absolute Gasteiger partial charge is 0.462 e. The molecule has 0 amide bonds. The Morgan fingerprint density at radius 1 is 0.256 bits per heavy atom. The highest BCUT2D eigenvalue weighted by Gasteiger charge is 2.19. The summed E-state index contributed by atoms with van der Waals surface area (Å²) in [6.45, 7) is 6.52. The maximum absolute atomic E-state index is 12.9. The van der Waals surface area contributed by atoms with Crippen LogP contribution in [0, 0.1) is 0 Å². The normalized spacial score (nSPS) is 12.8. The molecule has 1 atom stereocenters. The molecular weight excluding hydrogens is 1010 g/mol. The van der Waals surface area contributed by atoms with E-state index in [0.29, 0.717) is 19.3 Å². The number of carbonyl (C=O) groups excluding carboxylic acids is 3. The van der Waals surface area contributed by atoms with Gasteiger partial charge in [0, 0.05) is 19.3 Å². The lowest BCUT2D eigenvalue weighted by molar-refractivity contribution is -0.167. The van der Waals surface area contributed by atoms with E-state index in [1.807, 2.05) is 0 Å². The van der Waals surface area contributed by atoms with Gasteiger partial charge in [0.1, 0.15) is 13.2 Å². The summed E-state index contributed by atoms with van der Waals surface area (Å²) in [5.74, 6) is -0.876. The minimum atomic E-state index is -0.779. The van der Waals surface area contributed by atoms with Crippen molar-refractivity contribution in [3.05, 3.63) is 109 Å². The van der Waals surface area contributed by atoms with Crippen LogP contribution < -0.4 is 0 Å². The fourth-order valence-electron chi connectivity index (χ4n) is 9.81. The van der Waals surface area contributed by atoms with Crippen molar-refractivity contribution in [2.24, 2.45) is 0 Å². The SMILES string of the molecule is CC/C=C\C/C=C\C/C=C\C/C=C\C/C=C\C/C=C\C/C=C\C/C=C\CCCCCCCCCCCCC(=O)OCC(COC(=O)CCCCCCCCCC)OC(=O)CCCCCCCCCCC/C=C\CCCCCCCCCC. The third-order valence-corrected chi connectivity index (χ3v) is 15.0. The predicted molar refractivity (Wildman–Crippen MR) is 357 cm³/mol. The molecule has 0 saturated heterocycles. The zero-order chi connectivity index (χ0) is 59.2. The molecule has 0 rings (SSSR count). The molecule has 0 saturated carbocycles. The van der Waals surface area contributed by atoms with Gasteiger partial charge in [-0.15, -0.1) is 0 Å². The standard InChI is InChI=1S/C76H130O6/c1-4-7-10-13-16-19-21-23-25-27-29-31-32-33-34-35-36-37-38-39-40-41-42-43-44-46-47-49-51-53-55-57-60-63-66-69-75(78)81-72-73(71-80-74(77)68-65-62-59-18-15-12-9-6-3)82-76(79)70-67-64-61-58-56-54-52-50-48-45-30-28-26-24-22-20-17-14-11-8-5-2/h7,10,16,19,23,25,28-31,33-34,36-37,39-40,42-43,73H,4-6,8-9,11-15,17-18,20-22,24,26-27,32,35,38,41,44-72H2,1-3H3/b10-7-,19-16-,25-23-,30-28-,31-29-,34-33-,37-36-,40-39-,43-42-. The fraction of sp³-hybridized carbons (Fsp3) is 0.724. The van der Waals surface area contributed by atoms with Gasteiger partial charge in [0.05, 0.1) is 0 Å². The first-order valence-corrected chi connectivity index (χ1v) is 34.9. The molecule has 0 aliphatic rings. The van der Waals surface area contributed by atoms with Gasteiger partial charge in [-0.05, 0) is 109 Å². The first kappa shape index (κ1) is 78.1. The molecule has 470 valence electrons. The quantitative estimate of drug-likeness (QED) is 0.0261.